The first-order valence-electron chi connectivity index (χ1n) is 3.69. The third-order valence-corrected chi connectivity index (χ3v) is 2.62. The second-order valence-electron chi connectivity index (χ2n) is 2.71. The van der Waals surface area contributed by atoms with Gasteiger partial charge >= 0.3 is 0 Å². The minimum Gasteiger partial charge on any atom is -0.217 e. The van der Waals surface area contributed by atoms with E-state index in [1.54, 1.807) is 0 Å². The van der Waals surface area contributed by atoms with E-state index >= 15 is 0 Å². The number of hydrogen-bond donors (Lipinski definition) is 0. The highest BCUT2D eigenvalue weighted by atomic mass is 79.9. The van der Waals surface area contributed by atoms with Crippen molar-refractivity contribution < 1.29 is 8.78 Å². The van der Waals surface area contributed by atoms with Gasteiger partial charge in [-0.25, -0.2) is 9.37 Å². The van der Waals surface area contributed by atoms with E-state index in [0.29, 0.717) is 9.86 Å². The highest BCUT2D eigenvalue weighted by Gasteiger charge is 2.09. The molecule has 0 unspecified atom stereocenters. The Morgan fingerprint density at radius 3 is 2.64 bits per heavy atom. The molecule has 0 saturated heterocycles. The molecule has 1 heterocycles. The van der Waals surface area contributed by atoms with E-state index in [1.165, 1.54) is 6.07 Å². The molecular formula is C9H3BrClF2N. The Kier molecular flexibility index (Phi) is 2.41. The molecule has 0 atom stereocenters. The highest BCUT2D eigenvalue weighted by Crippen LogP contribution is 2.28. The molecule has 72 valence electrons. The summed E-state index contributed by atoms with van der Waals surface area (Å²) < 4.78 is 26.5. The van der Waals surface area contributed by atoms with Crippen molar-refractivity contribution in [2.24, 2.45) is 0 Å². The number of hydrogen-bond acceptors (Lipinski definition) is 1. The second-order valence-corrected chi connectivity index (χ2v) is 4.00. The fraction of sp³-hybridized carbons (Fsp3) is 0. The lowest BCUT2D eigenvalue weighted by atomic mass is 10.2. The molecule has 2 rings (SSSR count). The van der Waals surface area contributed by atoms with Gasteiger partial charge in [0.25, 0.3) is 0 Å². The Hall–Kier alpha value is -0.740. The van der Waals surface area contributed by atoms with E-state index in [1.807, 2.05) is 0 Å². The van der Waals surface area contributed by atoms with Gasteiger partial charge in [0.15, 0.2) is 5.82 Å². The zero-order valence-corrected chi connectivity index (χ0v) is 9.03. The summed E-state index contributed by atoms with van der Waals surface area (Å²) >= 11 is 8.76. The summed E-state index contributed by atoms with van der Waals surface area (Å²) in [6.45, 7) is 0. The molecule has 2 aromatic rings. The Morgan fingerprint density at radius 1 is 1.21 bits per heavy atom. The molecule has 0 aliphatic rings. The zero-order valence-electron chi connectivity index (χ0n) is 6.69. The van der Waals surface area contributed by atoms with Gasteiger partial charge in [0.2, 0.25) is 5.95 Å². The molecule has 0 fully saturated rings. The van der Waals surface area contributed by atoms with Crippen LogP contribution in [0.25, 0.3) is 10.9 Å². The fourth-order valence-corrected chi connectivity index (χ4v) is 1.88. The molecule has 0 N–H and O–H groups in total. The molecule has 0 aliphatic heterocycles. The van der Waals surface area contributed by atoms with Crippen molar-refractivity contribution in [1.82, 2.24) is 4.98 Å². The Labute approximate surface area is 91.8 Å². The SMILES string of the molecule is Fc1cc(Br)c2cc(Cl)cc(F)c2n1. The molecule has 5 heteroatoms. The molecule has 0 aliphatic carbocycles. The van der Waals surface area contributed by atoms with Gasteiger partial charge in [-0.2, -0.15) is 4.39 Å². The largest absolute Gasteiger partial charge is 0.217 e. The highest BCUT2D eigenvalue weighted by molar-refractivity contribution is 9.10. The number of nitrogens with zero attached hydrogens (tertiary/aromatic N) is 1. The van der Waals surface area contributed by atoms with Crippen molar-refractivity contribution >= 4 is 38.4 Å². The average molecular weight is 278 g/mol. The van der Waals surface area contributed by atoms with Gasteiger partial charge in [0.05, 0.1) is 0 Å². The van der Waals surface area contributed by atoms with Gasteiger partial charge in [-0.3, -0.25) is 0 Å². The molecule has 0 bridgehead atoms. The van der Waals surface area contributed by atoms with Gasteiger partial charge in [-0.15, -0.1) is 0 Å². The van der Waals surface area contributed by atoms with Crippen molar-refractivity contribution in [2.75, 3.05) is 0 Å². The number of benzene rings is 1. The lowest BCUT2D eigenvalue weighted by molar-refractivity contribution is 0.580. The molecule has 0 spiro atoms. The van der Waals surface area contributed by atoms with E-state index < -0.39 is 11.8 Å². The standard InChI is InChI=1S/C9H3BrClF2N/c10-6-3-8(13)14-9-5(6)1-4(11)2-7(9)12/h1-3H. The topological polar surface area (TPSA) is 12.9 Å². The lowest BCUT2D eigenvalue weighted by Gasteiger charge is -2.02. The fourth-order valence-electron chi connectivity index (χ4n) is 1.18. The number of aromatic nitrogens is 1. The van der Waals surface area contributed by atoms with Crippen LogP contribution < -0.4 is 0 Å². The first kappa shape index (κ1) is 9.80. The first-order chi connectivity index (χ1) is 6.58. The van der Waals surface area contributed by atoms with Crippen LogP contribution >= 0.6 is 27.5 Å². The maximum atomic E-state index is 13.3. The molecule has 0 amide bonds. The van der Waals surface area contributed by atoms with Gasteiger partial charge in [-0.1, -0.05) is 11.6 Å². The molecule has 1 aromatic carbocycles. The monoisotopic (exact) mass is 277 g/mol. The third-order valence-electron chi connectivity index (χ3n) is 1.75. The molecular weight excluding hydrogens is 275 g/mol. The quantitative estimate of drug-likeness (QED) is 0.665. The van der Waals surface area contributed by atoms with Crippen molar-refractivity contribution in [2.45, 2.75) is 0 Å². The summed E-state index contributed by atoms with van der Waals surface area (Å²) in [7, 11) is 0. The maximum Gasteiger partial charge on any atom is 0.214 e. The average Bonchev–Trinajstić information content (AvgIpc) is 2.07. The van der Waals surface area contributed by atoms with Crippen molar-refractivity contribution in [3.05, 3.63) is 39.5 Å². The summed E-state index contributed by atoms with van der Waals surface area (Å²) in [5, 5.41) is 0.709. The number of pyridine rings is 1. The van der Waals surface area contributed by atoms with Gasteiger partial charge < -0.3 is 0 Å². The maximum absolute atomic E-state index is 13.3. The van der Waals surface area contributed by atoms with Crippen LogP contribution in [-0.2, 0) is 0 Å². The van der Waals surface area contributed by atoms with E-state index in [4.69, 9.17) is 11.6 Å². The van der Waals surface area contributed by atoms with Crippen LogP contribution in [0, 0.1) is 11.8 Å². The smallest absolute Gasteiger partial charge is 0.214 e. The van der Waals surface area contributed by atoms with Crippen LogP contribution in [0.4, 0.5) is 8.78 Å². The van der Waals surface area contributed by atoms with E-state index in [2.05, 4.69) is 20.9 Å². The van der Waals surface area contributed by atoms with Crippen molar-refractivity contribution in [3.63, 3.8) is 0 Å². The number of halogens is 4. The van der Waals surface area contributed by atoms with Crippen LogP contribution in [-0.4, -0.2) is 4.98 Å². The van der Waals surface area contributed by atoms with E-state index in [-0.39, 0.29) is 10.5 Å². The summed E-state index contributed by atoms with van der Waals surface area (Å²) in [4.78, 5) is 3.45. The van der Waals surface area contributed by atoms with Crippen molar-refractivity contribution in [1.29, 1.82) is 0 Å². The minimum atomic E-state index is -0.731. The van der Waals surface area contributed by atoms with Crippen LogP contribution in [0.1, 0.15) is 0 Å². The molecule has 0 saturated carbocycles. The van der Waals surface area contributed by atoms with Gasteiger partial charge in [0.1, 0.15) is 5.52 Å². The van der Waals surface area contributed by atoms with Crippen LogP contribution in [0.2, 0.25) is 5.02 Å². The minimum absolute atomic E-state index is 0.0266. The number of rotatable bonds is 0. The molecule has 1 aromatic heterocycles. The lowest BCUT2D eigenvalue weighted by Crippen LogP contribution is -1.89. The Bertz CT molecular complexity index is 468. The van der Waals surface area contributed by atoms with Crippen LogP contribution in [0.3, 0.4) is 0 Å². The summed E-state index contributed by atoms with van der Waals surface area (Å²) in [6.07, 6.45) is 0. The summed E-state index contributed by atoms with van der Waals surface area (Å²) in [6, 6.07) is 3.79. The Morgan fingerprint density at radius 2 is 1.93 bits per heavy atom. The van der Waals surface area contributed by atoms with E-state index in [0.717, 1.165) is 12.1 Å². The van der Waals surface area contributed by atoms with Gasteiger partial charge in [-0.05, 0) is 28.1 Å². The van der Waals surface area contributed by atoms with E-state index in [9.17, 15) is 8.78 Å². The Balaban J connectivity index is 2.94. The third kappa shape index (κ3) is 1.60. The molecule has 0 radical (unpaired) electrons. The predicted octanol–water partition coefficient (Wildman–Crippen LogP) is 3.93. The van der Waals surface area contributed by atoms with Crippen molar-refractivity contribution in [3.8, 4) is 0 Å². The predicted molar refractivity (Wildman–Crippen MR) is 54.4 cm³/mol. The van der Waals surface area contributed by atoms with Crippen LogP contribution in [0.15, 0.2) is 22.7 Å². The summed E-state index contributed by atoms with van der Waals surface area (Å²) in [5.41, 5.74) is -0.0266. The first-order valence-corrected chi connectivity index (χ1v) is 4.86. The van der Waals surface area contributed by atoms with Gasteiger partial charge in [0, 0.05) is 20.9 Å². The normalized spacial score (nSPS) is 10.9. The second kappa shape index (κ2) is 3.44. The van der Waals surface area contributed by atoms with Crippen LogP contribution in [0.5, 0.6) is 0 Å². The molecule has 14 heavy (non-hydrogen) atoms. The molecule has 1 nitrogen and oxygen atoms in total. The zero-order chi connectivity index (χ0) is 10.3. The summed E-state index contributed by atoms with van der Waals surface area (Å²) in [5.74, 6) is -1.36. The number of fused-ring (bicyclic) bond motifs is 1.